The number of carbonyl (C=O) groups is 1. The van der Waals surface area contributed by atoms with Gasteiger partial charge in [-0.05, 0) is 0 Å². The minimum absolute atomic E-state index is 0.166. The molecule has 3 N–H and O–H groups in total. The summed E-state index contributed by atoms with van der Waals surface area (Å²) in [5, 5.41) is 8.24. The predicted molar refractivity (Wildman–Crippen MR) is 34.0 cm³/mol. The maximum atomic E-state index is 10.0. The van der Waals surface area contributed by atoms with Crippen molar-refractivity contribution in [2.45, 2.75) is 0 Å². The van der Waals surface area contributed by atoms with E-state index in [2.05, 4.69) is 12.6 Å². The standard InChI is InChI=1S/C4H9NO2S/c5-1-3(2-8)4(6)7/h3,8H,1-2,5H2,(H,6,7)/t3-/m1/s1. The summed E-state index contributed by atoms with van der Waals surface area (Å²) in [7, 11) is 0. The third kappa shape index (κ3) is 2.18. The molecule has 0 saturated carbocycles. The molecule has 0 spiro atoms. The van der Waals surface area contributed by atoms with Crippen LogP contribution in [0.2, 0.25) is 0 Å². The van der Waals surface area contributed by atoms with Crippen molar-refractivity contribution in [1.82, 2.24) is 0 Å². The number of thiol groups is 1. The van der Waals surface area contributed by atoms with Crippen LogP contribution in [-0.2, 0) is 4.79 Å². The molecule has 0 saturated heterocycles. The van der Waals surface area contributed by atoms with Crippen molar-refractivity contribution in [1.29, 1.82) is 0 Å². The molecule has 0 radical (unpaired) electrons. The fraction of sp³-hybridized carbons (Fsp3) is 0.750. The van der Waals surface area contributed by atoms with Crippen LogP contribution in [0.1, 0.15) is 0 Å². The van der Waals surface area contributed by atoms with Gasteiger partial charge in [-0.2, -0.15) is 12.6 Å². The van der Waals surface area contributed by atoms with Crippen molar-refractivity contribution in [3.05, 3.63) is 0 Å². The molecule has 0 aromatic heterocycles. The predicted octanol–water partition coefficient (Wildman–Crippen LogP) is -0.424. The van der Waals surface area contributed by atoms with E-state index in [0.29, 0.717) is 5.75 Å². The molecule has 0 unspecified atom stereocenters. The van der Waals surface area contributed by atoms with E-state index in [4.69, 9.17) is 10.8 Å². The van der Waals surface area contributed by atoms with Crippen LogP contribution < -0.4 is 5.73 Å². The lowest BCUT2D eigenvalue weighted by Gasteiger charge is -2.02. The molecular weight excluding hydrogens is 126 g/mol. The van der Waals surface area contributed by atoms with Crippen LogP contribution in [0.5, 0.6) is 0 Å². The molecular formula is C4H9NO2S. The summed E-state index contributed by atoms with van der Waals surface area (Å²) in [6.07, 6.45) is 0. The first-order valence-electron chi connectivity index (χ1n) is 2.26. The molecule has 0 aromatic carbocycles. The highest BCUT2D eigenvalue weighted by Gasteiger charge is 2.11. The van der Waals surface area contributed by atoms with Gasteiger partial charge in [0.05, 0.1) is 5.92 Å². The number of nitrogens with two attached hydrogens (primary N) is 1. The summed E-state index contributed by atoms with van der Waals surface area (Å²) >= 11 is 3.77. The van der Waals surface area contributed by atoms with E-state index in [9.17, 15) is 4.79 Å². The Morgan fingerprint density at radius 3 is 2.38 bits per heavy atom. The lowest BCUT2D eigenvalue weighted by Crippen LogP contribution is -2.24. The van der Waals surface area contributed by atoms with Gasteiger partial charge in [0.15, 0.2) is 0 Å². The van der Waals surface area contributed by atoms with Gasteiger partial charge in [-0.25, -0.2) is 0 Å². The Balaban J connectivity index is 3.52. The van der Waals surface area contributed by atoms with E-state index in [-0.39, 0.29) is 6.54 Å². The van der Waals surface area contributed by atoms with Crippen LogP contribution in [-0.4, -0.2) is 23.4 Å². The molecule has 0 aliphatic rings. The summed E-state index contributed by atoms with van der Waals surface area (Å²) in [4.78, 5) is 10.0. The van der Waals surface area contributed by atoms with E-state index >= 15 is 0 Å². The third-order valence-electron chi connectivity index (χ3n) is 0.854. The Kier molecular flexibility index (Phi) is 3.64. The molecule has 0 fully saturated rings. The van der Waals surface area contributed by atoms with Crippen molar-refractivity contribution in [2.75, 3.05) is 12.3 Å². The molecule has 3 nitrogen and oxygen atoms in total. The Morgan fingerprint density at radius 1 is 1.88 bits per heavy atom. The van der Waals surface area contributed by atoms with Gasteiger partial charge in [0.2, 0.25) is 0 Å². The molecule has 0 rings (SSSR count). The summed E-state index contributed by atoms with van der Waals surface area (Å²) in [5.41, 5.74) is 5.05. The molecule has 0 bridgehead atoms. The number of aliphatic carboxylic acids is 1. The summed E-state index contributed by atoms with van der Waals surface area (Å²) in [5.74, 6) is -1.05. The van der Waals surface area contributed by atoms with Gasteiger partial charge in [0.1, 0.15) is 0 Å². The molecule has 48 valence electrons. The second kappa shape index (κ2) is 3.74. The van der Waals surface area contributed by atoms with Crippen LogP contribution in [0.15, 0.2) is 0 Å². The van der Waals surface area contributed by atoms with Gasteiger partial charge in [-0.15, -0.1) is 0 Å². The number of hydrogen-bond donors (Lipinski definition) is 3. The van der Waals surface area contributed by atoms with Crippen molar-refractivity contribution in [2.24, 2.45) is 11.7 Å². The van der Waals surface area contributed by atoms with Gasteiger partial charge in [-0.3, -0.25) is 4.79 Å². The van der Waals surface area contributed by atoms with Gasteiger partial charge in [-0.1, -0.05) is 0 Å². The number of rotatable bonds is 3. The summed E-state index contributed by atoms with van der Waals surface area (Å²) < 4.78 is 0. The van der Waals surface area contributed by atoms with Gasteiger partial charge in [0.25, 0.3) is 0 Å². The van der Waals surface area contributed by atoms with Crippen LogP contribution in [0.3, 0.4) is 0 Å². The average molecular weight is 135 g/mol. The Hall–Kier alpha value is -0.220. The molecule has 8 heavy (non-hydrogen) atoms. The largest absolute Gasteiger partial charge is 0.481 e. The van der Waals surface area contributed by atoms with Crippen molar-refractivity contribution in [3.8, 4) is 0 Å². The quantitative estimate of drug-likeness (QED) is 0.460. The molecule has 0 aliphatic carbocycles. The topological polar surface area (TPSA) is 63.3 Å². The van der Waals surface area contributed by atoms with Crippen LogP contribution in [0, 0.1) is 5.92 Å². The molecule has 4 heteroatoms. The highest BCUT2D eigenvalue weighted by atomic mass is 32.1. The van der Waals surface area contributed by atoms with E-state index in [1.807, 2.05) is 0 Å². The highest BCUT2D eigenvalue weighted by molar-refractivity contribution is 7.80. The third-order valence-corrected chi connectivity index (χ3v) is 1.29. The lowest BCUT2D eigenvalue weighted by molar-refractivity contribution is -0.140. The van der Waals surface area contributed by atoms with E-state index in [1.54, 1.807) is 0 Å². The highest BCUT2D eigenvalue weighted by Crippen LogP contribution is 1.94. The zero-order valence-electron chi connectivity index (χ0n) is 4.37. The summed E-state index contributed by atoms with van der Waals surface area (Å²) in [6, 6.07) is 0. The first-order chi connectivity index (χ1) is 3.72. The van der Waals surface area contributed by atoms with Crippen molar-refractivity contribution >= 4 is 18.6 Å². The monoisotopic (exact) mass is 135 g/mol. The summed E-state index contributed by atoms with van der Waals surface area (Å²) in [6.45, 7) is 0.166. The second-order valence-electron chi connectivity index (χ2n) is 1.45. The van der Waals surface area contributed by atoms with Gasteiger partial charge in [0, 0.05) is 12.3 Å². The van der Waals surface area contributed by atoms with E-state index < -0.39 is 11.9 Å². The maximum absolute atomic E-state index is 10.0. The number of hydrogen-bond acceptors (Lipinski definition) is 3. The van der Waals surface area contributed by atoms with E-state index in [1.165, 1.54) is 0 Å². The average Bonchev–Trinajstić information content (AvgIpc) is 1.69. The molecule has 1 atom stereocenters. The van der Waals surface area contributed by atoms with E-state index in [0.717, 1.165) is 0 Å². The van der Waals surface area contributed by atoms with Crippen LogP contribution >= 0.6 is 12.6 Å². The maximum Gasteiger partial charge on any atom is 0.308 e. The zero-order chi connectivity index (χ0) is 6.57. The molecule has 0 aromatic rings. The van der Waals surface area contributed by atoms with Crippen molar-refractivity contribution in [3.63, 3.8) is 0 Å². The zero-order valence-corrected chi connectivity index (χ0v) is 5.27. The fourth-order valence-corrected chi connectivity index (χ4v) is 0.559. The Bertz CT molecular complexity index is 82.1. The smallest absolute Gasteiger partial charge is 0.308 e. The van der Waals surface area contributed by atoms with Crippen LogP contribution in [0.25, 0.3) is 0 Å². The lowest BCUT2D eigenvalue weighted by atomic mass is 10.2. The van der Waals surface area contributed by atoms with Crippen molar-refractivity contribution < 1.29 is 9.90 Å². The number of carboxylic acid groups (broad SMARTS) is 1. The normalized spacial score (nSPS) is 13.2. The minimum atomic E-state index is -0.873. The number of carboxylic acids is 1. The van der Waals surface area contributed by atoms with Gasteiger partial charge >= 0.3 is 5.97 Å². The Labute approximate surface area is 53.3 Å². The Morgan fingerprint density at radius 2 is 2.38 bits per heavy atom. The van der Waals surface area contributed by atoms with Crippen LogP contribution in [0.4, 0.5) is 0 Å². The SMILES string of the molecule is NC[C@H](CS)C(=O)O. The second-order valence-corrected chi connectivity index (χ2v) is 1.82. The first-order valence-corrected chi connectivity index (χ1v) is 2.89. The van der Waals surface area contributed by atoms with Gasteiger partial charge < -0.3 is 10.8 Å². The molecule has 0 heterocycles. The molecule has 0 aliphatic heterocycles. The molecule has 0 amide bonds. The first kappa shape index (κ1) is 7.78. The minimum Gasteiger partial charge on any atom is -0.481 e. The fourth-order valence-electron chi connectivity index (χ4n) is 0.253.